The van der Waals surface area contributed by atoms with Crippen molar-refractivity contribution in [1.82, 2.24) is 10.2 Å². The molecule has 1 aliphatic rings. The molecule has 1 fully saturated rings. The van der Waals surface area contributed by atoms with Crippen molar-refractivity contribution < 1.29 is 9.53 Å². The van der Waals surface area contributed by atoms with Crippen LogP contribution in [0.25, 0.3) is 0 Å². The van der Waals surface area contributed by atoms with Crippen LogP contribution < -0.4 is 10.1 Å². The minimum atomic E-state index is -0.114. The van der Waals surface area contributed by atoms with Crippen molar-refractivity contribution in [3.63, 3.8) is 0 Å². The van der Waals surface area contributed by atoms with E-state index in [1.807, 2.05) is 0 Å². The summed E-state index contributed by atoms with van der Waals surface area (Å²) in [6.07, 6.45) is 5.00. The first-order valence-corrected chi connectivity index (χ1v) is 10.4. The molecule has 1 amide bonds. The zero-order valence-electron chi connectivity index (χ0n) is 17.1. The van der Waals surface area contributed by atoms with Crippen molar-refractivity contribution in [2.24, 2.45) is 0 Å². The first-order chi connectivity index (χ1) is 13.6. The molecule has 0 aromatic heterocycles. The highest BCUT2D eigenvalue weighted by molar-refractivity contribution is 6.32. The van der Waals surface area contributed by atoms with Gasteiger partial charge in [-0.15, -0.1) is 12.4 Å². The van der Waals surface area contributed by atoms with E-state index in [0.717, 1.165) is 13.1 Å². The van der Waals surface area contributed by atoms with Crippen LogP contribution in [0.3, 0.4) is 0 Å². The molecule has 1 heterocycles. The maximum Gasteiger partial charge on any atom is 0.251 e. The third kappa shape index (κ3) is 6.36. The SMILES string of the molecule is COc1ccc(C(=O)NCC(c2ccc(C)cc2)N2CCCCCC2)cc1Cl.Cl. The largest absolute Gasteiger partial charge is 0.495 e. The number of nitrogens with zero attached hydrogens (tertiary/aromatic N) is 1. The zero-order chi connectivity index (χ0) is 19.9. The van der Waals surface area contributed by atoms with Crippen LogP contribution in [-0.2, 0) is 0 Å². The van der Waals surface area contributed by atoms with Gasteiger partial charge in [0.05, 0.1) is 18.2 Å². The van der Waals surface area contributed by atoms with Gasteiger partial charge in [-0.1, -0.05) is 54.3 Å². The molecular formula is C23H30Cl2N2O2. The number of hydrogen-bond donors (Lipinski definition) is 1. The maximum absolute atomic E-state index is 12.7. The fourth-order valence-electron chi connectivity index (χ4n) is 3.75. The van der Waals surface area contributed by atoms with E-state index in [0.29, 0.717) is 22.9 Å². The van der Waals surface area contributed by atoms with Gasteiger partial charge in [0.2, 0.25) is 0 Å². The first-order valence-electron chi connectivity index (χ1n) is 10.0. The molecule has 0 saturated carbocycles. The van der Waals surface area contributed by atoms with Crippen molar-refractivity contribution in [3.05, 3.63) is 64.2 Å². The molecule has 0 spiro atoms. The second-order valence-corrected chi connectivity index (χ2v) is 7.84. The van der Waals surface area contributed by atoms with Crippen LogP contribution in [-0.4, -0.2) is 37.6 Å². The standard InChI is InChI=1S/C23H29ClN2O2.ClH/c1-17-7-9-18(10-8-17)21(26-13-5-3-4-6-14-26)16-25-23(27)19-11-12-22(28-2)20(24)15-19;/h7-12,15,21H,3-6,13-14,16H2,1-2H3,(H,25,27);1H. The summed E-state index contributed by atoms with van der Waals surface area (Å²) >= 11 is 6.17. The summed E-state index contributed by atoms with van der Waals surface area (Å²) in [5.41, 5.74) is 3.04. The van der Waals surface area contributed by atoms with E-state index < -0.39 is 0 Å². The molecule has 6 heteroatoms. The Morgan fingerprint density at radius 1 is 1.10 bits per heavy atom. The van der Waals surface area contributed by atoms with Gasteiger partial charge in [0.25, 0.3) is 5.91 Å². The molecular weight excluding hydrogens is 407 g/mol. The number of benzene rings is 2. The lowest BCUT2D eigenvalue weighted by atomic mass is 10.0. The molecule has 158 valence electrons. The Morgan fingerprint density at radius 2 is 1.76 bits per heavy atom. The monoisotopic (exact) mass is 436 g/mol. The summed E-state index contributed by atoms with van der Waals surface area (Å²) in [6, 6.07) is 14.0. The second-order valence-electron chi connectivity index (χ2n) is 7.44. The molecule has 0 radical (unpaired) electrons. The van der Waals surface area contributed by atoms with Gasteiger partial charge in [0.15, 0.2) is 0 Å². The van der Waals surface area contributed by atoms with Crippen LogP contribution in [0.1, 0.15) is 53.2 Å². The van der Waals surface area contributed by atoms with E-state index in [1.54, 1.807) is 25.3 Å². The van der Waals surface area contributed by atoms with E-state index in [2.05, 4.69) is 41.4 Å². The average molecular weight is 437 g/mol. The third-order valence-corrected chi connectivity index (χ3v) is 5.71. The second kappa shape index (κ2) is 11.4. The number of amides is 1. The van der Waals surface area contributed by atoms with Gasteiger partial charge >= 0.3 is 0 Å². The van der Waals surface area contributed by atoms with E-state index >= 15 is 0 Å². The van der Waals surface area contributed by atoms with E-state index in [1.165, 1.54) is 36.8 Å². The van der Waals surface area contributed by atoms with Crippen LogP contribution in [0.15, 0.2) is 42.5 Å². The molecule has 1 unspecified atom stereocenters. The Morgan fingerprint density at radius 3 is 2.34 bits per heavy atom. The molecule has 3 rings (SSSR count). The molecule has 0 aliphatic carbocycles. The van der Waals surface area contributed by atoms with Crippen molar-refractivity contribution in [1.29, 1.82) is 0 Å². The normalized spacial score (nSPS) is 15.7. The van der Waals surface area contributed by atoms with Crippen molar-refractivity contribution in [2.75, 3.05) is 26.7 Å². The lowest BCUT2D eigenvalue weighted by Crippen LogP contribution is -2.38. The number of likely N-dealkylation sites (tertiary alicyclic amines) is 1. The van der Waals surface area contributed by atoms with Crippen LogP contribution >= 0.6 is 24.0 Å². The number of carbonyl (C=O) groups is 1. The highest BCUT2D eigenvalue weighted by atomic mass is 35.5. The quantitative estimate of drug-likeness (QED) is 0.656. The van der Waals surface area contributed by atoms with Crippen LogP contribution in [0, 0.1) is 6.92 Å². The maximum atomic E-state index is 12.7. The van der Waals surface area contributed by atoms with Crippen molar-refractivity contribution in [2.45, 2.75) is 38.6 Å². The van der Waals surface area contributed by atoms with E-state index in [-0.39, 0.29) is 24.4 Å². The summed E-state index contributed by atoms with van der Waals surface area (Å²) in [7, 11) is 1.56. The highest BCUT2D eigenvalue weighted by Crippen LogP contribution is 2.26. The number of aryl methyl sites for hydroxylation is 1. The third-order valence-electron chi connectivity index (χ3n) is 5.41. The van der Waals surface area contributed by atoms with Gasteiger partial charge in [-0.25, -0.2) is 0 Å². The van der Waals surface area contributed by atoms with E-state index in [9.17, 15) is 4.79 Å². The van der Waals surface area contributed by atoms with Gasteiger partial charge in [-0.05, 0) is 56.6 Å². The number of hydrogen-bond acceptors (Lipinski definition) is 3. The molecule has 2 aromatic carbocycles. The summed E-state index contributed by atoms with van der Waals surface area (Å²) < 4.78 is 5.17. The van der Waals surface area contributed by atoms with Gasteiger partial charge in [0.1, 0.15) is 5.75 Å². The van der Waals surface area contributed by atoms with Crippen molar-refractivity contribution >= 4 is 29.9 Å². The smallest absolute Gasteiger partial charge is 0.251 e. The summed E-state index contributed by atoms with van der Waals surface area (Å²) in [5.74, 6) is 0.455. The van der Waals surface area contributed by atoms with Gasteiger partial charge in [0, 0.05) is 12.1 Å². The lowest BCUT2D eigenvalue weighted by Gasteiger charge is -2.31. The number of carbonyl (C=O) groups excluding carboxylic acids is 1. The van der Waals surface area contributed by atoms with Crippen LogP contribution in [0.2, 0.25) is 5.02 Å². The molecule has 1 saturated heterocycles. The number of halogens is 2. The van der Waals surface area contributed by atoms with Gasteiger partial charge in [-0.2, -0.15) is 0 Å². The predicted octanol–water partition coefficient (Wildman–Crippen LogP) is 5.43. The Labute approximate surface area is 185 Å². The van der Waals surface area contributed by atoms with Gasteiger partial charge < -0.3 is 10.1 Å². The molecule has 4 nitrogen and oxygen atoms in total. The molecule has 1 N–H and O–H groups in total. The van der Waals surface area contributed by atoms with Gasteiger partial charge in [-0.3, -0.25) is 9.69 Å². The number of rotatable bonds is 6. The van der Waals surface area contributed by atoms with E-state index in [4.69, 9.17) is 16.3 Å². The summed E-state index contributed by atoms with van der Waals surface area (Å²) in [4.78, 5) is 15.2. The highest BCUT2D eigenvalue weighted by Gasteiger charge is 2.22. The topological polar surface area (TPSA) is 41.6 Å². The predicted molar refractivity (Wildman–Crippen MR) is 122 cm³/mol. The zero-order valence-corrected chi connectivity index (χ0v) is 18.7. The molecule has 29 heavy (non-hydrogen) atoms. The lowest BCUT2D eigenvalue weighted by molar-refractivity contribution is 0.0933. The minimum absolute atomic E-state index is 0. The van der Waals surface area contributed by atoms with Crippen molar-refractivity contribution in [3.8, 4) is 5.75 Å². The fraction of sp³-hybridized carbons (Fsp3) is 0.435. The summed E-state index contributed by atoms with van der Waals surface area (Å²) in [5, 5.41) is 3.56. The number of methoxy groups -OCH3 is 1. The summed E-state index contributed by atoms with van der Waals surface area (Å²) in [6.45, 7) is 4.82. The molecule has 1 aliphatic heterocycles. The molecule has 1 atom stereocenters. The molecule has 2 aromatic rings. The Hall–Kier alpha value is -1.75. The van der Waals surface area contributed by atoms with Crippen LogP contribution in [0.4, 0.5) is 0 Å². The first kappa shape index (κ1) is 23.5. The number of nitrogens with one attached hydrogen (secondary N) is 1. The Kier molecular flexibility index (Phi) is 9.28. The Bertz CT molecular complexity index is 788. The number of ether oxygens (including phenoxy) is 1. The van der Waals surface area contributed by atoms with Crippen LogP contribution in [0.5, 0.6) is 5.75 Å². The minimum Gasteiger partial charge on any atom is -0.495 e. The molecule has 0 bridgehead atoms. The fourth-order valence-corrected chi connectivity index (χ4v) is 4.01. The Balaban J connectivity index is 0.00000300. The average Bonchev–Trinajstić information content (AvgIpc) is 2.98.